The number of methoxy groups -OCH3 is 1. The van der Waals surface area contributed by atoms with Gasteiger partial charge in [-0.25, -0.2) is 0 Å². The maximum Gasteiger partial charge on any atom is 0.182 e. The van der Waals surface area contributed by atoms with Gasteiger partial charge in [0.25, 0.3) is 0 Å². The second-order valence-corrected chi connectivity index (χ2v) is 3.85. The van der Waals surface area contributed by atoms with Crippen molar-refractivity contribution in [3.8, 4) is 0 Å². The summed E-state index contributed by atoms with van der Waals surface area (Å²) >= 11 is 0. The monoisotopic (exact) mass is 235 g/mol. The lowest BCUT2D eigenvalue weighted by Gasteiger charge is -2.16. The van der Waals surface area contributed by atoms with Crippen molar-refractivity contribution in [1.29, 1.82) is 0 Å². The normalized spacial score (nSPS) is 13.1. The summed E-state index contributed by atoms with van der Waals surface area (Å²) in [5, 5.41) is 11.3. The van der Waals surface area contributed by atoms with E-state index in [1.54, 1.807) is 19.6 Å². The molecule has 17 heavy (non-hydrogen) atoms. The predicted octanol–water partition coefficient (Wildman–Crippen LogP) is 0.291. The van der Waals surface area contributed by atoms with Crippen molar-refractivity contribution >= 4 is 5.65 Å². The number of rotatable bonds is 6. The molecule has 0 aromatic carbocycles. The van der Waals surface area contributed by atoms with Gasteiger partial charge in [-0.2, -0.15) is 0 Å². The van der Waals surface area contributed by atoms with E-state index in [4.69, 9.17) is 4.74 Å². The third-order valence-electron chi connectivity index (χ3n) is 2.59. The van der Waals surface area contributed by atoms with Gasteiger partial charge in [0.2, 0.25) is 0 Å². The Morgan fingerprint density at radius 2 is 2.41 bits per heavy atom. The Bertz CT molecular complexity index is 464. The van der Waals surface area contributed by atoms with Gasteiger partial charge in [-0.3, -0.25) is 9.38 Å². The van der Waals surface area contributed by atoms with Crippen LogP contribution in [0.3, 0.4) is 0 Å². The molecule has 6 heteroatoms. The molecule has 0 aliphatic rings. The third kappa shape index (κ3) is 2.78. The molecule has 2 aromatic heterocycles. The van der Waals surface area contributed by atoms with E-state index in [0.717, 1.165) is 24.3 Å². The van der Waals surface area contributed by atoms with E-state index in [1.165, 1.54) is 0 Å². The zero-order valence-electron chi connectivity index (χ0n) is 10.1. The van der Waals surface area contributed by atoms with Crippen molar-refractivity contribution < 1.29 is 4.74 Å². The zero-order chi connectivity index (χ0) is 12.1. The van der Waals surface area contributed by atoms with Crippen molar-refractivity contribution in [2.45, 2.75) is 19.4 Å². The topological polar surface area (TPSA) is 64.3 Å². The number of nitrogens with zero attached hydrogens (tertiary/aromatic N) is 4. The molecule has 0 bridgehead atoms. The Kier molecular flexibility index (Phi) is 4.00. The Morgan fingerprint density at radius 1 is 1.53 bits per heavy atom. The molecule has 1 N–H and O–H groups in total. The second kappa shape index (κ2) is 5.70. The van der Waals surface area contributed by atoms with Crippen LogP contribution >= 0.6 is 0 Å². The van der Waals surface area contributed by atoms with E-state index in [-0.39, 0.29) is 6.04 Å². The molecule has 0 amide bonds. The van der Waals surface area contributed by atoms with Gasteiger partial charge in [0.15, 0.2) is 5.65 Å². The molecule has 92 valence electrons. The molecule has 2 aromatic rings. The van der Waals surface area contributed by atoms with Crippen LogP contribution in [-0.4, -0.2) is 45.9 Å². The molecule has 0 aliphatic heterocycles. The molecule has 2 rings (SSSR count). The zero-order valence-corrected chi connectivity index (χ0v) is 10.1. The lowest BCUT2D eigenvalue weighted by atomic mass is 10.1. The average Bonchev–Trinajstić information content (AvgIpc) is 2.79. The third-order valence-corrected chi connectivity index (χ3v) is 2.59. The summed E-state index contributed by atoms with van der Waals surface area (Å²) < 4.78 is 7.06. The van der Waals surface area contributed by atoms with Gasteiger partial charge in [0.05, 0.1) is 12.3 Å². The first kappa shape index (κ1) is 11.9. The second-order valence-electron chi connectivity index (χ2n) is 3.85. The number of nitrogens with one attached hydrogen (secondary N) is 1. The average molecular weight is 235 g/mol. The molecule has 0 aliphatic carbocycles. The molecule has 0 fully saturated rings. The Hall–Kier alpha value is -1.53. The SMILES string of the molecule is CCNC(COC)Cc1nccn2cnnc12. The lowest BCUT2D eigenvalue weighted by molar-refractivity contribution is 0.166. The molecule has 0 saturated carbocycles. The Labute approximate surface area is 100 Å². The standard InChI is InChI=1S/C11H17N5O/c1-3-12-9(7-17-2)6-10-11-15-14-8-16(11)5-4-13-10/h4-5,8-9,12H,3,6-7H2,1-2H3. The van der Waals surface area contributed by atoms with Gasteiger partial charge >= 0.3 is 0 Å². The highest BCUT2D eigenvalue weighted by Crippen LogP contribution is 2.07. The minimum Gasteiger partial charge on any atom is -0.383 e. The number of fused-ring (bicyclic) bond motifs is 1. The Morgan fingerprint density at radius 3 is 3.18 bits per heavy atom. The largest absolute Gasteiger partial charge is 0.383 e. The molecule has 0 radical (unpaired) electrons. The maximum absolute atomic E-state index is 5.19. The summed E-state index contributed by atoms with van der Waals surface area (Å²) in [6.45, 7) is 3.64. The van der Waals surface area contributed by atoms with E-state index in [1.807, 2.05) is 10.6 Å². The van der Waals surface area contributed by atoms with Gasteiger partial charge in [-0.15, -0.1) is 10.2 Å². The van der Waals surface area contributed by atoms with Crippen molar-refractivity contribution in [1.82, 2.24) is 24.9 Å². The summed E-state index contributed by atoms with van der Waals surface area (Å²) in [5.74, 6) is 0. The molecule has 0 saturated heterocycles. The van der Waals surface area contributed by atoms with Crippen LogP contribution in [0.2, 0.25) is 0 Å². The minimum atomic E-state index is 0.250. The molecular weight excluding hydrogens is 218 g/mol. The lowest BCUT2D eigenvalue weighted by Crippen LogP contribution is -2.35. The smallest absolute Gasteiger partial charge is 0.182 e. The molecule has 6 nitrogen and oxygen atoms in total. The summed E-state index contributed by atoms with van der Waals surface area (Å²) in [4.78, 5) is 4.36. The van der Waals surface area contributed by atoms with Crippen LogP contribution < -0.4 is 5.32 Å². The van der Waals surface area contributed by atoms with Crippen molar-refractivity contribution in [3.05, 3.63) is 24.4 Å². The van der Waals surface area contributed by atoms with Crippen LogP contribution in [0.4, 0.5) is 0 Å². The predicted molar refractivity (Wildman–Crippen MR) is 63.8 cm³/mol. The van der Waals surface area contributed by atoms with Crippen molar-refractivity contribution in [2.75, 3.05) is 20.3 Å². The number of ether oxygens (including phenoxy) is 1. The van der Waals surface area contributed by atoms with Crippen molar-refractivity contribution in [3.63, 3.8) is 0 Å². The van der Waals surface area contributed by atoms with Crippen LogP contribution in [0.1, 0.15) is 12.6 Å². The van der Waals surface area contributed by atoms with Gasteiger partial charge in [0.1, 0.15) is 6.33 Å². The van der Waals surface area contributed by atoms with E-state index in [0.29, 0.717) is 6.61 Å². The number of aromatic nitrogens is 4. The number of hydrogen-bond donors (Lipinski definition) is 1. The van der Waals surface area contributed by atoms with Crippen LogP contribution in [0.5, 0.6) is 0 Å². The van der Waals surface area contributed by atoms with E-state index in [2.05, 4.69) is 27.4 Å². The van der Waals surface area contributed by atoms with Crippen LogP contribution in [0, 0.1) is 0 Å². The highest BCUT2D eigenvalue weighted by molar-refractivity contribution is 5.42. The fraction of sp³-hybridized carbons (Fsp3) is 0.545. The molecule has 1 unspecified atom stereocenters. The fourth-order valence-electron chi connectivity index (χ4n) is 1.87. The molecule has 1 atom stereocenters. The van der Waals surface area contributed by atoms with E-state index >= 15 is 0 Å². The van der Waals surface area contributed by atoms with E-state index in [9.17, 15) is 0 Å². The van der Waals surface area contributed by atoms with Gasteiger partial charge in [-0.1, -0.05) is 6.92 Å². The molecular formula is C11H17N5O. The van der Waals surface area contributed by atoms with Crippen LogP contribution in [-0.2, 0) is 11.2 Å². The highest BCUT2D eigenvalue weighted by Gasteiger charge is 2.12. The van der Waals surface area contributed by atoms with Crippen LogP contribution in [0.15, 0.2) is 18.7 Å². The summed E-state index contributed by atoms with van der Waals surface area (Å²) in [7, 11) is 1.70. The summed E-state index contributed by atoms with van der Waals surface area (Å²) in [6, 6.07) is 0.250. The summed E-state index contributed by atoms with van der Waals surface area (Å²) in [6.07, 6.45) is 6.07. The quantitative estimate of drug-likeness (QED) is 0.779. The van der Waals surface area contributed by atoms with Gasteiger partial charge in [-0.05, 0) is 6.54 Å². The number of hydrogen-bond acceptors (Lipinski definition) is 5. The van der Waals surface area contributed by atoms with E-state index < -0.39 is 0 Å². The minimum absolute atomic E-state index is 0.250. The maximum atomic E-state index is 5.19. The first-order valence-electron chi connectivity index (χ1n) is 5.70. The van der Waals surface area contributed by atoms with Crippen molar-refractivity contribution in [2.24, 2.45) is 0 Å². The van der Waals surface area contributed by atoms with Gasteiger partial charge < -0.3 is 10.1 Å². The summed E-state index contributed by atoms with van der Waals surface area (Å²) in [5.41, 5.74) is 1.75. The van der Waals surface area contributed by atoms with Gasteiger partial charge in [0, 0.05) is 32.0 Å². The Balaban J connectivity index is 2.18. The number of likely N-dealkylation sites (N-methyl/N-ethyl adjacent to an activating group) is 1. The highest BCUT2D eigenvalue weighted by atomic mass is 16.5. The molecule has 2 heterocycles. The van der Waals surface area contributed by atoms with Crippen LogP contribution in [0.25, 0.3) is 5.65 Å². The fourth-order valence-corrected chi connectivity index (χ4v) is 1.87. The first-order valence-corrected chi connectivity index (χ1v) is 5.70. The molecule has 0 spiro atoms. The first-order chi connectivity index (χ1) is 8.35.